The maximum atomic E-state index is 12.5. The lowest BCUT2D eigenvalue weighted by Crippen LogP contribution is -2.16. The van der Waals surface area contributed by atoms with Gasteiger partial charge in [-0.15, -0.1) is 6.58 Å². The molecule has 0 aliphatic carbocycles. The third kappa shape index (κ3) is 3.66. The minimum atomic E-state index is -0.200. The summed E-state index contributed by atoms with van der Waals surface area (Å²) in [6, 6.07) is 11.4. The van der Waals surface area contributed by atoms with Crippen molar-refractivity contribution in [2.45, 2.75) is 19.9 Å². The quantitative estimate of drug-likeness (QED) is 0.596. The molecule has 0 saturated heterocycles. The fourth-order valence-corrected chi connectivity index (χ4v) is 4.11. The Balaban J connectivity index is 1.65. The van der Waals surface area contributed by atoms with Crippen LogP contribution >= 0.6 is 11.3 Å². The van der Waals surface area contributed by atoms with Gasteiger partial charge in [-0.2, -0.15) is 4.99 Å². The minimum Gasteiger partial charge on any atom is -0.494 e. The van der Waals surface area contributed by atoms with Crippen LogP contribution in [-0.4, -0.2) is 23.9 Å². The minimum absolute atomic E-state index is 0.200. The maximum absolute atomic E-state index is 12.5. The Morgan fingerprint density at radius 1 is 1.29 bits per heavy atom. The molecule has 0 saturated carbocycles. The van der Waals surface area contributed by atoms with Crippen LogP contribution in [0.25, 0.3) is 10.2 Å². The summed E-state index contributed by atoms with van der Waals surface area (Å²) in [5.74, 6) is 2.01. The number of benzene rings is 2. The Morgan fingerprint density at radius 3 is 2.75 bits per heavy atom. The van der Waals surface area contributed by atoms with E-state index in [2.05, 4.69) is 11.6 Å². The summed E-state index contributed by atoms with van der Waals surface area (Å²) in [4.78, 5) is 17.5. The van der Waals surface area contributed by atoms with E-state index in [9.17, 15) is 4.79 Å². The van der Waals surface area contributed by atoms with Gasteiger partial charge in [0, 0.05) is 18.7 Å². The molecular formula is C21H20N2O4S. The number of nitrogens with zero attached hydrogens (tertiary/aromatic N) is 2. The molecule has 2 aromatic carbocycles. The van der Waals surface area contributed by atoms with Gasteiger partial charge in [0.2, 0.25) is 6.79 Å². The molecule has 0 N–H and O–H groups in total. The van der Waals surface area contributed by atoms with E-state index in [1.807, 2.05) is 47.9 Å². The van der Waals surface area contributed by atoms with E-state index in [0.717, 1.165) is 21.5 Å². The molecule has 0 atom stereocenters. The number of amides is 1. The molecule has 0 bridgehead atoms. The number of ether oxygens (including phenoxy) is 3. The number of hydrogen-bond donors (Lipinski definition) is 0. The summed E-state index contributed by atoms with van der Waals surface area (Å²) >= 11 is 1.45. The first-order valence-corrected chi connectivity index (χ1v) is 9.82. The number of thiazole rings is 1. The molecule has 2 heterocycles. The fourth-order valence-electron chi connectivity index (χ4n) is 3.04. The first-order valence-electron chi connectivity index (χ1n) is 9.01. The van der Waals surface area contributed by atoms with Crippen LogP contribution in [0.3, 0.4) is 0 Å². The third-order valence-corrected chi connectivity index (χ3v) is 5.34. The number of rotatable bonds is 6. The molecule has 0 unspecified atom stereocenters. The highest BCUT2D eigenvalue weighted by Gasteiger charge is 2.17. The van der Waals surface area contributed by atoms with Crippen molar-refractivity contribution >= 4 is 27.5 Å². The van der Waals surface area contributed by atoms with Crippen LogP contribution in [-0.2, 0) is 17.8 Å². The van der Waals surface area contributed by atoms with E-state index in [1.54, 1.807) is 6.08 Å². The van der Waals surface area contributed by atoms with Crippen LogP contribution in [0.15, 0.2) is 54.0 Å². The molecule has 7 heteroatoms. The average molecular weight is 396 g/mol. The number of fused-ring (bicyclic) bond motifs is 2. The SMILES string of the molecule is C=CCn1c(=NC(=O)Cc2ccc(OCC)cc2)sc2cc3c(cc21)OCO3. The Morgan fingerprint density at radius 2 is 2.04 bits per heavy atom. The summed E-state index contributed by atoms with van der Waals surface area (Å²) in [6.45, 7) is 7.14. The van der Waals surface area contributed by atoms with Gasteiger partial charge in [-0.05, 0) is 24.6 Å². The van der Waals surface area contributed by atoms with E-state index in [4.69, 9.17) is 14.2 Å². The summed E-state index contributed by atoms with van der Waals surface area (Å²) in [5.41, 5.74) is 1.84. The van der Waals surface area contributed by atoms with Gasteiger partial charge >= 0.3 is 0 Å². The largest absolute Gasteiger partial charge is 0.494 e. The summed E-state index contributed by atoms with van der Waals surface area (Å²) in [6.07, 6.45) is 2.02. The standard InChI is InChI=1S/C21H20N2O4S/c1-3-9-23-16-11-17-18(27-13-26-17)12-19(16)28-21(23)22-20(24)10-14-5-7-15(8-6-14)25-4-2/h3,5-8,11-12H,1,4,9-10,13H2,2H3. The molecule has 144 valence electrons. The number of carbonyl (C=O) groups excluding carboxylic acids is 1. The van der Waals surface area contributed by atoms with E-state index in [0.29, 0.717) is 29.5 Å². The zero-order valence-electron chi connectivity index (χ0n) is 15.5. The van der Waals surface area contributed by atoms with Gasteiger partial charge < -0.3 is 18.8 Å². The lowest BCUT2D eigenvalue weighted by atomic mass is 10.1. The normalized spacial score (nSPS) is 13.1. The summed E-state index contributed by atoms with van der Waals surface area (Å²) < 4.78 is 19.3. The predicted octanol–water partition coefficient (Wildman–Crippen LogP) is 3.69. The molecule has 0 radical (unpaired) electrons. The molecule has 1 amide bonds. The highest BCUT2D eigenvalue weighted by atomic mass is 32.1. The van der Waals surface area contributed by atoms with Crippen molar-refractivity contribution in [3.63, 3.8) is 0 Å². The van der Waals surface area contributed by atoms with Crippen LogP contribution in [0.1, 0.15) is 12.5 Å². The number of carbonyl (C=O) groups is 1. The predicted molar refractivity (Wildman–Crippen MR) is 108 cm³/mol. The van der Waals surface area contributed by atoms with Gasteiger partial charge in [-0.3, -0.25) is 4.79 Å². The van der Waals surface area contributed by atoms with E-state index in [-0.39, 0.29) is 19.1 Å². The van der Waals surface area contributed by atoms with Crippen molar-refractivity contribution in [3.05, 3.63) is 59.4 Å². The Labute approximate surface area is 166 Å². The molecule has 1 aliphatic heterocycles. The monoisotopic (exact) mass is 396 g/mol. The highest BCUT2D eigenvalue weighted by molar-refractivity contribution is 7.16. The van der Waals surface area contributed by atoms with Crippen molar-refractivity contribution in [2.24, 2.45) is 4.99 Å². The Bertz CT molecular complexity index is 1100. The van der Waals surface area contributed by atoms with Crippen molar-refractivity contribution in [1.82, 2.24) is 4.57 Å². The van der Waals surface area contributed by atoms with Crippen molar-refractivity contribution in [1.29, 1.82) is 0 Å². The van der Waals surface area contributed by atoms with Crippen molar-refractivity contribution in [2.75, 3.05) is 13.4 Å². The zero-order valence-corrected chi connectivity index (χ0v) is 16.3. The van der Waals surface area contributed by atoms with Gasteiger partial charge in [0.1, 0.15) is 5.75 Å². The van der Waals surface area contributed by atoms with Crippen LogP contribution in [0.2, 0.25) is 0 Å². The maximum Gasteiger partial charge on any atom is 0.252 e. The molecule has 0 spiro atoms. The summed E-state index contributed by atoms with van der Waals surface area (Å²) in [5, 5.41) is 0. The number of allylic oxidation sites excluding steroid dienone is 1. The van der Waals surface area contributed by atoms with Crippen LogP contribution in [0.4, 0.5) is 0 Å². The smallest absolute Gasteiger partial charge is 0.252 e. The van der Waals surface area contributed by atoms with E-state index < -0.39 is 0 Å². The average Bonchev–Trinajstić information content (AvgIpc) is 3.26. The molecule has 4 rings (SSSR count). The molecule has 28 heavy (non-hydrogen) atoms. The Kier molecular flexibility index (Phi) is 5.16. The molecule has 1 aliphatic rings. The number of hydrogen-bond acceptors (Lipinski definition) is 5. The van der Waals surface area contributed by atoms with E-state index in [1.165, 1.54) is 11.3 Å². The topological polar surface area (TPSA) is 62.1 Å². The molecule has 0 fully saturated rings. The van der Waals surface area contributed by atoms with Crippen molar-refractivity contribution < 1.29 is 19.0 Å². The number of aromatic nitrogens is 1. The third-order valence-electron chi connectivity index (χ3n) is 4.30. The molecule has 3 aromatic rings. The lowest BCUT2D eigenvalue weighted by molar-refractivity contribution is -0.117. The lowest BCUT2D eigenvalue weighted by Gasteiger charge is -2.04. The van der Waals surface area contributed by atoms with Gasteiger partial charge in [0.25, 0.3) is 5.91 Å². The van der Waals surface area contributed by atoms with E-state index >= 15 is 0 Å². The first kappa shape index (κ1) is 18.3. The molecular weight excluding hydrogens is 376 g/mol. The van der Waals surface area contributed by atoms with Gasteiger partial charge in [0.15, 0.2) is 16.3 Å². The van der Waals surface area contributed by atoms with Crippen molar-refractivity contribution in [3.8, 4) is 17.2 Å². The highest BCUT2D eigenvalue weighted by Crippen LogP contribution is 2.36. The van der Waals surface area contributed by atoms with Gasteiger partial charge in [0.05, 0.1) is 23.2 Å². The Hall–Kier alpha value is -3.06. The molecule has 6 nitrogen and oxygen atoms in total. The molecule has 1 aromatic heterocycles. The van der Waals surface area contributed by atoms with Crippen LogP contribution in [0.5, 0.6) is 17.2 Å². The zero-order chi connectivity index (χ0) is 19.5. The second kappa shape index (κ2) is 7.90. The summed E-state index contributed by atoms with van der Waals surface area (Å²) in [7, 11) is 0. The second-order valence-electron chi connectivity index (χ2n) is 6.22. The fraction of sp³-hybridized carbons (Fsp3) is 0.238. The van der Waals surface area contributed by atoms with Gasteiger partial charge in [-0.25, -0.2) is 0 Å². The van der Waals surface area contributed by atoms with Crippen LogP contribution in [0, 0.1) is 0 Å². The van der Waals surface area contributed by atoms with Crippen LogP contribution < -0.4 is 19.0 Å². The first-order chi connectivity index (χ1) is 13.7. The van der Waals surface area contributed by atoms with Gasteiger partial charge in [-0.1, -0.05) is 29.5 Å². The second-order valence-corrected chi connectivity index (χ2v) is 7.23.